The summed E-state index contributed by atoms with van der Waals surface area (Å²) in [4.78, 5) is 4.43. The number of hydrogen-bond acceptors (Lipinski definition) is 1. The lowest BCUT2D eigenvalue weighted by Crippen LogP contribution is -2.07. The maximum absolute atomic E-state index is 6.41. The van der Waals surface area contributed by atoms with Gasteiger partial charge in [0.15, 0.2) is 0 Å². The Hall–Kier alpha value is -0.240. The van der Waals surface area contributed by atoms with Crippen LogP contribution in [0.3, 0.4) is 0 Å². The van der Waals surface area contributed by atoms with Crippen molar-refractivity contribution in [2.24, 2.45) is 10.9 Å². The monoisotopic (exact) mass is 305 g/mol. The molecule has 0 spiro atoms. The third-order valence-electron chi connectivity index (χ3n) is 2.98. The van der Waals surface area contributed by atoms with E-state index in [0.29, 0.717) is 15.2 Å². The van der Waals surface area contributed by atoms with Crippen LogP contribution in [0.15, 0.2) is 38.5 Å². The van der Waals surface area contributed by atoms with Gasteiger partial charge >= 0.3 is 0 Å². The fourth-order valence-corrected chi connectivity index (χ4v) is 2.89. The largest absolute Gasteiger partial charge is 0.244 e. The van der Waals surface area contributed by atoms with Crippen molar-refractivity contribution in [1.29, 1.82) is 0 Å². The van der Waals surface area contributed by atoms with Crippen LogP contribution in [0.4, 0.5) is 0 Å². The highest BCUT2D eigenvalue weighted by Crippen LogP contribution is 2.37. The number of halogens is 3. The maximum Gasteiger partial charge on any atom is 0.110 e. The first-order chi connectivity index (χ1) is 8.54. The summed E-state index contributed by atoms with van der Waals surface area (Å²) in [5, 5.41) is 1.95. The van der Waals surface area contributed by atoms with Gasteiger partial charge in [-0.05, 0) is 37.8 Å². The number of allylic oxidation sites excluding steroid dienone is 6. The summed E-state index contributed by atoms with van der Waals surface area (Å²) in [5.41, 5.74) is 1.76. The van der Waals surface area contributed by atoms with Crippen LogP contribution in [-0.2, 0) is 0 Å². The molecule has 1 rings (SSSR count). The highest BCUT2D eigenvalue weighted by molar-refractivity contribution is 6.66. The van der Waals surface area contributed by atoms with Crippen LogP contribution in [0, 0.1) is 5.92 Å². The molecular weight excluding hydrogens is 289 g/mol. The predicted octanol–water partition coefficient (Wildman–Crippen LogP) is 5.98. The van der Waals surface area contributed by atoms with E-state index in [9.17, 15) is 0 Å². The molecule has 100 valence electrons. The van der Waals surface area contributed by atoms with Crippen molar-refractivity contribution < 1.29 is 0 Å². The molecule has 0 aromatic heterocycles. The molecule has 0 saturated heterocycles. The Balaban J connectivity index is 3.32. The molecule has 0 aromatic carbocycles. The molecular formula is C14H18Cl3N. The minimum Gasteiger partial charge on any atom is -0.244 e. The van der Waals surface area contributed by atoms with Crippen molar-refractivity contribution in [2.45, 2.75) is 40.0 Å². The number of rotatable bonds is 3. The van der Waals surface area contributed by atoms with Gasteiger partial charge < -0.3 is 0 Å². The molecule has 0 fully saturated rings. The smallest absolute Gasteiger partial charge is 0.110 e. The van der Waals surface area contributed by atoms with E-state index >= 15 is 0 Å². The molecule has 1 nitrogen and oxygen atoms in total. The van der Waals surface area contributed by atoms with E-state index in [0.717, 1.165) is 30.5 Å². The Morgan fingerprint density at radius 2 is 2.06 bits per heavy atom. The zero-order valence-electron chi connectivity index (χ0n) is 10.9. The van der Waals surface area contributed by atoms with Gasteiger partial charge in [0.25, 0.3) is 0 Å². The highest BCUT2D eigenvalue weighted by atomic mass is 35.5. The molecule has 0 N–H and O–H groups in total. The van der Waals surface area contributed by atoms with Gasteiger partial charge in [0.2, 0.25) is 0 Å². The van der Waals surface area contributed by atoms with E-state index in [4.69, 9.17) is 34.8 Å². The second-order valence-electron chi connectivity index (χ2n) is 4.18. The molecule has 1 unspecified atom stereocenters. The second-order valence-corrected chi connectivity index (χ2v) is 5.36. The van der Waals surface area contributed by atoms with Gasteiger partial charge in [-0.1, -0.05) is 54.7 Å². The van der Waals surface area contributed by atoms with E-state index in [-0.39, 0.29) is 5.92 Å². The summed E-state index contributed by atoms with van der Waals surface area (Å²) in [6.45, 7) is 6.03. The van der Waals surface area contributed by atoms with Crippen LogP contribution >= 0.6 is 34.8 Å². The Morgan fingerprint density at radius 1 is 1.39 bits per heavy atom. The van der Waals surface area contributed by atoms with Crippen LogP contribution in [0.5, 0.6) is 0 Å². The molecule has 4 heteroatoms. The van der Waals surface area contributed by atoms with E-state index < -0.39 is 0 Å². The van der Waals surface area contributed by atoms with Gasteiger partial charge in [0.1, 0.15) is 5.17 Å². The van der Waals surface area contributed by atoms with Gasteiger partial charge in [-0.3, -0.25) is 0 Å². The van der Waals surface area contributed by atoms with Gasteiger partial charge in [0, 0.05) is 11.0 Å². The lowest BCUT2D eigenvalue weighted by molar-refractivity contribution is 0.673. The topological polar surface area (TPSA) is 12.4 Å². The first-order valence-electron chi connectivity index (χ1n) is 6.19. The fourth-order valence-electron chi connectivity index (χ4n) is 1.86. The molecule has 0 bridgehead atoms. The molecule has 18 heavy (non-hydrogen) atoms. The molecule has 1 heterocycles. The van der Waals surface area contributed by atoms with Crippen molar-refractivity contribution in [3.8, 4) is 0 Å². The minimum atomic E-state index is 0.193. The van der Waals surface area contributed by atoms with E-state index in [1.54, 1.807) is 0 Å². The summed E-state index contributed by atoms with van der Waals surface area (Å²) in [7, 11) is 0. The van der Waals surface area contributed by atoms with Gasteiger partial charge in [-0.25, -0.2) is 4.99 Å². The maximum atomic E-state index is 6.41. The van der Waals surface area contributed by atoms with Crippen LogP contribution in [0.1, 0.15) is 40.0 Å². The fraction of sp³-hybridized carbons (Fsp3) is 0.500. The lowest BCUT2D eigenvalue weighted by atomic mass is 9.97. The van der Waals surface area contributed by atoms with Gasteiger partial charge in [-0.2, -0.15) is 0 Å². The predicted molar refractivity (Wildman–Crippen MR) is 82.5 cm³/mol. The standard InChI is InChI=1S/C14H18Cl3N/c1-4-7-11(15)10-8-9(5-2)14(17)18-12(6-3)13(10)16/h4,7,9H,5-6,8H2,1-3H3/b7-4-,11-10-. The summed E-state index contributed by atoms with van der Waals surface area (Å²) >= 11 is 19.0. The van der Waals surface area contributed by atoms with E-state index in [1.165, 1.54) is 0 Å². The number of aliphatic imine (C=N–C) groups is 1. The van der Waals surface area contributed by atoms with Crippen molar-refractivity contribution in [1.82, 2.24) is 0 Å². The van der Waals surface area contributed by atoms with Gasteiger partial charge in [-0.15, -0.1) is 0 Å². The normalized spacial score (nSPS) is 24.3. The quantitative estimate of drug-likeness (QED) is 0.608. The molecule has 1 atom stereocenters. The van der Waals surface area contributed by atoms with Crippen molar-refractivity contribution in [3.05, 3.63) is 33.5 Å². The molecule has 1 aliphatic heterocycles. The Morgan fingerprint density at radius 3 is 2.56 bits per heavy atom. The summed E-state index contributed by atoms with van der Waals surface area (Å²) in [5.74, 6) is 0.193. The third-order valence-corrected chi connectivity index (χ3v) is 4.17. The SMILES string of the molecule is C/C=C\C(Cl)=C1/CC(CC)C(Cl)=NC(CC)=C1Cl. The third kappa shape index (κ3) is 3.63. The molecule has 0 aliphatic carbocycles. The van der Waals surface area contributed by atoms with E-state index in [2.05, 4.69) is 11.9 Å². The molecule has 0 amide bonds. The lowest BCUT2D eigenvalue weighted by Gasteiger charge is -2.13. The number of nitrogens with zero attached hydrogens (tertiary/aromatic N) is 1. The van der Waals surface area contributed by atoms with Crippen LogP contribution in [-0.4, -0.2) is 5.17 Å². The van der Waals surface area contributed by atoms with Crippen molar-refractivity contribution in [2.75, 3.05) is 0 Å². The first kappa shape index (κ1) is 15.8. The van der Waals surface area contributed by atoms with Crippen LogP contribution < -0.4 is 0 Å². The minimum absolute atomic E-state index is 0.193. The summed E-state index contributed by atoms with van der Waals surface area (Å²) in [6, 6.07) is 0. The molecule has 0 radical (unpaired) electrons. The second kappa shape index (κ2) is 7.37. The average molecular weight is 307 g/mol. The van der Waals surface area contributed by atoms with Crippen molar-refractivity contribution >= 4 is 40.0 Å². The molecule has 1 aliphatic rings. The summed E-state index contributed by atoms with van der Waals surface area (Å²) in [6.07, 6.45) is 6.17. The van der Waals surface area contributed by atoms with E-state index in [1.807, 2.05) is 26.0 Å². The first-order valence-corrected chi connectivity index (χ1v) is 7.32. The van der Waals surface area contributed by atoms with Crippen LogP contribution in [0.25, 0.3) is 0 Å². The molecule has 0 saturated carbocycles. The molecule has 0 aromatic rings. The Kier molecular flexibility index (Phi) is 6.48. The Bertz CT molecular complexity index is 430. The zero-order valence-corrected chi connectivity index (χ0v) is 13.2. The highest BCUT2D eigenvalue weighted by Gasteiger charge is 2.23. The zero-order chi connectivity index (χ0) is 13.7. The number of hydrogen-bond donors (Lipinski definition) is 0. The van der Waals surface area contributed by atoms with Crippen LogP contribution in [0.2, 0.25) is 0 Å². The summed E-state index contributed by atoms with van der Waals surface area (Å²) < 4.78 is 0. The van der Waals surface area contributed by atoms with Gasteiger partial charge in [0.05, 0.1) is 10.7 Å². The van der Waals surface area contributed by atoms with Crippen molar-refractivity contribution in [3.63, 3.8) is 0 Å². The Labute approximate surface area is 124 Å². The average Bonchev–Trinajstić information content (AvgIpc) is 2.47.